The first-order chi connectivity index (χ1) is 11.3. The summed E-state index contributed by atoms with van der Waals surface area (Å²) in [5.74, 6) is 0.933. The van der Waals surface area contributed by atoms with Crippen molar-refractivity contribution in [3.63, 3.8) is 0 Å². The number of unbranched alkanes of at least 4 members (excludes halogenated alkanes) is 1. The maximum atomic E-state index is 11.8. The second-order valence-corrected chi connectivity index (χ2v) is 6.33. The number of hydrogen-bond acceptors (Lipinski definition) is 3. The molecule has 4 nitrogen and oxygen atoms in total. The summed E-state index contributed by atoms with van der Waals surface area (Å²) in [4.78, 5) is 11.8. The van der Waals surface area contributed by atoms with E-state index in [1.807, 2.05) is 18.2 Å². The van der Waals surface area contributed by atoms with E-state index in [0.29, 0.717) is 13.0 Å². The second kappa shape index (κ2) is 13.2. The molecule has 0 bridgehead atoms. The van der Waals surface area contributed by atoms with Gasteiger partial charge in [-0.15, -0.1) is 12.4 Å². The Morgan fingerprint density at radius 3 is 2.67 bits per heavy atom. The largest absolute Gasteiger partial charge is 0.377 e. The van der Waals surface area contributed by atoms with Gasteiger partial charge in [0, 0.05) is 19.6 Å². The monoisotopic (exact) mass is 354 g/mol. The fourth-order valence-corrected chi connectivity index (χ4v) is 2.92. The molecule has 5 heteroatoms. The highest BCUT2D eigenvalue weighted by atomic mass is 35.5. The zero-order valence-electron chi connectivity index (χ0n) is 14.5. The third kappa shape index (κ3) is 9.26. The molecule has 1 aromatic carbocycles. The Kier molecular flexibility index (Phi) is 11.5. The minimum atomic E-state index is 0. The Morgan fingerprint density at radius 1 is 1.17 bits per heavy atom. The maximum absolute atomic E-state index is 11.8. The SMILES string of the molecule is Cl.O=C(CCC1CCNCC1)NCCCCOCc1ccccc1. The lowest BCUT2D eigenvalue weighted by Crippen LogP contribution is -2.29. The highest BCUT2D eigenvalue weighted by Gasteiger charge is 2.14. The van der Waals surface area contributed by atoms with Gasteiger partial charge >= 0.3 is 0 Å². The first-order valence-electron chi connectivity index (χ1n) is 8.93. The summed E-state index contributed by atoms with van der Waals surface area (Å²) in [6.45, 7) is 4.40. The van der Waals surface area contributed by atoms with Crippen LogP contribution < -0.4 is 10.6 Å². The van der Waals surface area contributed by atoms with Gasteiger partial charge in [0.1, 0.15) is 0 Å². The first-order valence-corrected chi connectivity index (χ1v) is 8.93. The Bertz CT molecular complexity index is 436. The van der Waals surface area contributed by atoms with Crippen LogP contribution in [0.15, 0.2) is 30.3 Å². The molecule has 136 valence electrons. The molecule has 2 rings (SSSR count). The summed E-state index contributed by atoms with van der Waals surface area (Å²) in [6, 6.07) is 10.2. The summed E-state index contributed by atoms with van der Waals surface area (Å²) in [5.41, 5.74) is 1.21. The van der Waals surface area contributed by atoms with Crippen molar-refractivity contribution in [2.24, 2.45) is 5.92 Å². The maximum Gasteiger partial charge on any atom is 0.220 e. The third-order valence-corrected chi connectivity index (χ3v) is 4.39. The molecule has 1 aliphatic rings. The third-order valence-electron chi connectivity index (χ3n) is 4.39. The van der Waals surface area contributed by atoms with E-state index in [0.717, 1.165) is 51.4 Å². The minimum absolute atomic E-state index is 0. The van der Waals surface area contributed by atoms with E-state index in [2.05, 4.69) is 22.8 Å². The summed E-state index contributed by atoms with van der Waals surface area (Å²) in [5, 5.41) is 6.38. The molecule has 0 spiro atoms. The summed E-state index contributed by atoms with van der Waals surface area (Å²) >= 11 is 0. The van der Waals surface area contributed by atoms with Crippen LogP contribution in [0.25, 0.3) is 0 Å². The highest BCUT2D eigenvalue weighted by Crippen LogP contribution is 2.17. The summed E-state index contributed by atoms with van der Waals surface area (Å²) < 4.78 is 5.63. The van der Waals surface area contributed by atoms with Crippen LogP contribution >= 0.6 is 12.4 Å². The van der Waals surface area contributed by atoms with E-state index in [1.165, 1.54) is 18.4 Å². The van der Waals surface area contributed by atoms with Crippen LogP contribution in [-0.4, -0.2) is 32.1 Å². The van der Waals surface area contributed by atoms with Crippen molar-refractivity contribution < 1.29 is 9.53 Å². The molecule has 1 saturated heterocycles. The number of carbonyl (C=O) groups is 1. The van der Waals surface area contributed by atoms with Gasteiger partial charge in [-0.05, 0) is 56.7 Å². The van der Waals surface area contributed by atoms with E-state index >= 15 is 0 Å². The van der Waals surface area contributed by atoms with E-state index in [-0.39, 0.29) is 18.3 Å². The number of ether oxygens (including phenoxy) is 1. The number of halogens is 1. The minimum Gasteiger partial charge on any atom is -0.377 e. The van der Waals surface area contributed by atoms with Gasteiger partial charge in [-0.25, -0.2) is 0 Å². The number of rotatable bonds is 10. The molecular weight excluding hydrogens is 324 g/mol. The molecule has 1 amide bonds. The molecule has 0 atom stereocenters. The van der Waals surface area contributed by atoms with Crippen molar-refractivity contribution in [2.75, 3.05) is 26.2 Å². The van der Waals surface area contributed by atoms with Crippen molar-refractivity contribution >= 4 is 18.3 Å². The Labute approximate surface area is 152 Å². The van der Waals surface area contributed by atoms with Crippen LogP contribution in [0.3, 0.4) is 0 Å². The molecule has 24 heavy (non-hydrogen) atoms. The molecule has 0 saturated carbocycles. The molecule has 1 aliphatic heterocycles. The van der Waals surface area contributed by atoms with Gasteiger partial charge in [-0.2, -0.15) is 0 Å². The van der Waals surface area contributed by atoms with Gasteiger partial charge in [0.2, 0.25) is 5.91 Å². The molecule has 0 aliphatic carbocycles. The van der Waals surface area contributed by atoms with Crippen molar-refractivity contribution in [2.45, 2.75) is 45.1 Å². The molecule has 1 fully saturated rings. The lowest BCUT2D eigenvalue weighted by atomic mass is 9.93. The number of nitrogens with one attached hydrogen (secondary N) is 2. The van der Waals surface area contributed by atoms with Crippen LogP contribution in [0, 0.1) is 5.92 Å². The molecule has 0 unspecified atom stereocenters. The van der Waals surface area contributed by atoms with Gasteiger partial charge in [-0.1, -0.05) is 30.3 Å². The fourth-order valence-electron chi connectivity index (χ4n) is 2.92. The van der Waals surface area contributed by atoms with Crippen molar-refractivity contribution in [1.29, 1.82) is 0 Å². The summed E-state index contributed by atoms with van der Waals surface area (Å²) in [7, 11) is 0. The normalized spacial score (nSPS) is 14.8. The van der Waals surface area contributed by atoms with Crippen molar-refractivity contribution in [3.05, 3.63) is 35.9 Å². The quantitative estimate of drug-likeness (QED) is 0.634. The van der Waals surface area contributed by atoms with Crippen LogP contribution in [-0.2, 0) is 16.1 Å². The van der Waals surface area contributed by atoms with Crippen LogP contribution in [0.4, 0.5) is 0 Å². The molecule has 1 heterocycles. The highest BCUT2D eigenvalue weighted by molar-refractivity contribution is 5.85. The van der Waals surface area contributed by atoms with Gasteiger partial charge in [0.05, 0.1) is 6.61 Å². The van der Waals surface area contributed by atoms with Crippen LogP contribution in [0.2, 0.25) is 0 Å². The average Bonchev–Trinajstić information content (AvgIpc) is 2.61. The predicted octanol–water partition coefficient (Wildman–Crippen LogP) is 3.30. The van der Waals surface area contributed by atoms with Gasteiger partial charge in [-0.3, -0.25) is 4.79 Å². The molecule has 2 N–H and O–H groups in total. The molecule has 0 radical (unpaired) electrons. The zero-order valence-corrected chi connectivity index (χ0v) is 15.3. The van der Waals surface area contributed by atoms with Gasteiger partial charge in [0.25, 0.3) is 0 Å². The van der Waals surface area contributed by atoms with E-state index in [1.54, 1.807) is 0 Å². The number of piperidine rings is 1. The van der Waals surface area contributed by atoms with Crippen molar-refractivity contribution in [1.82, 2.24) is 10.6 Å². The fraction of sp³-hybridized carbons (Fsp3) is 0.632. The van der Waals surface area contributed by atoms with E-state index in [9.17, 15) is 4.79 Å². The molecule has 1 aromatic rings. The number of carbonyl (C=O) groups excluding carboxylic acids is 1. The smallest absolute Gasteiger partial charge is 0.220 e. The Balaban J connectivity index is 0.00000288. The molecular formula is C19H31ClN2O2. The van der Waals surface area contributed by atoms with E-state index in [4.69, 9.17) is 4.74 Å². The topological polar surface area (TPSA) is 50.4 Å². The first kappa shape index (κ1) is 20.9. The van der Waals surface area contributed by atoms with Crippen molar-refractivity contribution in [3.8, 4) is 0 Å². The summed E-state index contributed by atoms with van der Waals surface area (Å²) in [6.07, 6.45) is 6.11. The number of amides is 1. The standard InChI is InChI=1S/C19H30N2O2.ClH/c22-19(9-8-17-10-13-20-14-11-17)21-12-4-5-15-23-16-18-6-2-1-3-7-18;/h1-3,6-7,17,20H,4-5,8-16H2,(H,21,22);1H. The van der Waals surface area contributed by atoms with Crippen LogP contribution in [0.5, 0.6) is 0 Å². The second-order valence-electron chi connectivity index (χ2n) is 6.33. The lowest BCUT2D eigenvalue weighted by Gasteiger charge is -2.22. The Morgan fingerprint density at radius 2 is 1.92 bits per heavy atom. The number of hydrogen-bond donors (Lipinski definition) is 2. The molecule has 0 aromatic heterocycles. The predicted molar refractivity (Wildman–Crippen MR) is 100 cm³/mol. The van der Waals surface area contributed by atoms with E-state index < -0.39 is 0 Å². The van der Waals surface area contributed by atoms with Gasteiger partial charge in [0.15, 0.2) is 0 Å². The number of benzene rings is 1. The van der Waals surface area contributed by atoms with Crippen LogP contribution in [0.1, 0.15) is 44.1 Å². The Hall–Kier alpha value is -1.10. The zero-order chi connectivity index (χ0) is 16.2. The lowest BCUT2D eigenvalue weighted by molar-refractivity contribution is -0.121. The average molecular weight is 355 g/mol. The van der Waals surface area contributed by atoms with Gasteiger partial charge < -0.3 is 15.4 Å².